The highest BCUT2D eigenvalue weighted by Crippen LogP contribution is 2.26. The number of nitrogens with zero attached hydrogens (tertiary/aromatic N) is 4. The molecule has 16 heavy (non-hydrogen) atoms. The molecular weight excluding hydrogens is 273 g/mol. The van der Waals surface area contributed by atoms with E-state index in [4.69, 9.17) is 23.2 Å². The number of carbonyl (C=O) groups excluding carboxylic acids is 1. The minimum atomic E-state index is -0.409. The molecule has 0 aromatic carbocycles. The van der Waals surface area contributed by atoms with E-state index in [-0.39, 0.29) is 16.0 Å². The van der Waals surface area contributed by atoms with Crippen LogP contribution in [0.1, 0.15) is 9.67 Å². The molecule has 0 aliphatic rings. The molecule has 0 radical (unpaired) electrons. The molecule has 0 bridgehead atoms. The molecular formula is C7H3Cl2N5OS. The van der Waals surface area contributed by atoms with Gasteiger partial charge in [-0.15, -0.1) is 5.10 Å². The van der Waals surface area contributed by atoms with Gasteiger partial charge in [0.15, 0.2) is 10.3 Å². The zero-order valence-corrected chi connectivity index (χ0v) is 9.84. The highest BCUT2D eigenvalue weighted by molar-refractivity contribution is 7.07. The van der Waals surface area contributed by atoms with Crippen LogP contribution in [0, 0.1) is 0 Å². The summed E-state index contributed by atoms with van der Waals surface area (Å²) < 4.78 is 3.56. The molecule has 0 saturated heterocycles. The molecule has 0 spiro atoms. The molecule has 0 atom stereocenters. The van der Waals surface area contributed by atoms with Gasteiger partial charge in [-0.1, -0.05) is 27.7 Å². The Labute approximate surface area is 104 Å². The summed E-state index contributed by atoms with van der Waals surface area (Å²) in [7, 11) is 0. The summed E-state index contributed by atoms with van der Waals surface area (Å²) in [4.78, 5) is 19.4. The van der Waals surface area contributed by atoms with Crippen LogP contribution in [0.2, 0.25) is 10.3 Å². The van der Waals surface area contributed by atoms with E-state index in [0.29, 0.717) is 4.88 Å². The van der Waals surface area contributed by atoms with E-state index < -0.39 is 5.91 Å². The molecule has 1 N–H and O–H groups in total. The third-order valence-electron chi connectivity index (χ3n) is 1.58. The quantitative estimate of drug-likeness (QED) is 0.847. The van der Waals surface area contributed by atoms with Crippen molar-refractivity contribution in [2.45, 2.75) is 0 Å². The van der Waals surface area contributed by atoms with E-state index in [1.54, 1.807) is 0 Å². The molecule has 2 aromatic rings. The van der Waals surface area contributed by atoms with Crippen LogP contribution >= 0.6 is 34.7 Å². The van der Waals surface area contributed by atoms with Crippen molar-refractivity contribution in [2.24, 2.45) is 0 Å². The molecule has 82 valence electrons. The maximum absolute atomic E-state index is 11.6. The molecule has 0 saturated carbocycles. The largest absolute Gasteiger partial charge is 0.316 e. The van der Waals surface area contributed by atoms with Crippen LogP contribution in [0.3, 0.4) is 0 Å². The minimum absolute atomic E-state index is 0.0748. The molecule has 0 aliphatic carbocycles. The van der Waals surface area contributed by atoms with E-state index in [2.05, 4.69) is 24.9 Å². The number of halogens is 2. The SMILES string of the molecule is O=C(Nc1c(Cl)ncnc1Cl)c1cnns1. The Hall–Kier alpha value is -1.31. The van der Waals surface area contributed by atoms with E-state index in [1.807, 2.05) is 0 Å². The van der Waals surface area contributed by atoms with E-state index >= 15 is 0 Å². The van der Waals surface area contributed by atoms with Crippen LogP contribution in [-0.4, -0.2) is 25.5 Å². The van der Waals surface area contributed by atoms with E-state index in [0.717, 1.165) is 11.5 Å². The van der Waals surface area contributed by atoms with Crippen molar-refractivity contribution in [3.8, 4) is 0 Å². The van der Waals surface area contributed by atoms with E-state index in [9.17, 15) is 4.79 Å². The normalized spacial score (nSPS) is 10.1. The number of aromatic nitrogens is 4. The van der Waals surface area contributed by atoms with Gasteiger partial charge in [0.25, 0.3) is 5.91 Å². The second-order valence-corrected chi connectivity index (χ2v) is 4.07. The zero-order chi connectivity index (χ0) is 11.5. The van der Waals surface area contributed by atoms with Crippen molar-refractivity contribution >= 4 is 46.3 Å². The van der Waals surface area contributed by atoms with Crippen LogP contribution in [-0.2, 0) is 0 Å². The minimum Gasteiger partial charge on any atom is -0.316 e. The third kappa shape index (κ3) is 2.26. The second kappa shape index (κ2) is 4.69. The Balaban J connectivity index is 2.25. The molecule has 2 aromatic heterocycles. The van der Waals surface area contributed by atoms with Crippen molar-refractivity contribution in [3.05, 3.63) is 27.7 Å². The monoisotopic (exact) mass is 275 g/mol. The maximum atomic E-state index is 11.6. The molecule has 6 nitrogen and oxygen atoms in total. The predicted molar refractivity (Wildman–Crippen MR) is 59.9 cm³/mol. The summed E-state index contributed by atoms with van der Waals surface area (Å²) in [5.41, 5.74) is 0.171. The van der Waals surface area contributed by atoms with Crippen molar-refractivity contribution in [1.29, 1.82) is 0 Å². The van der Waals surface area contributed by atoms with Crippen molar-refractivity contribution in [3.63, 3.8) is 0 Å². The Morgan fingerprint density at radius 1 is 1.31 bits per heavy atom. The van der Waals surface area contributed by atoms with Crippen LogP contribution in [0.25, 0.3) is 0 Å². The average molecular weight is 276 g/mol. The van der Waals surface area contributed by atoms with Gasteiger partial charge < -0.3 is 5.32 Å². The van der Waals surface area contributed by atoms with Gasteiger partial charge in [-0.2, -0.15) is 0 Å². The predicted octanol–water partition coefficient (Wildman–Crippen LogP) is 1.89. The smallest absolute Gasteiger partial charge is 0.269 e. The lowest BCUT2D eigenvalue weighted by Crippen LogP contribution is -2.11. The number of nitrogens with one attached hydrogen (secondary N) is 1. The summed E-state index contributed by atoms with van der Waals surface area (Å²) in [5.74, 6) is -0.409. The molecule has 9 heteroatoms. The van der Waals surface area contributed by atoms with Crippen molar-refractivity contribution in [1.82, 2.24) is 19.6 Å². The number of hydrogen-bond donors (Lipinski definition) is 1. The van der Waals surface area contributed by atoms with Crippen LogP contribution in [0.4, 0.5) is 5.69 Å². The molecule has 0 aliphatic heterocycles. The lowest BCUT2D eigenvalue weighted by molar-refractivity contribution is 0.103. The Morgan fingerprint density at radius 2 is 2.00 bits per heavy atom. The van der Waals surface area contributed by atoms with Crippen molar-refractivity contribution < 1.29 is 4.79 Å². The average Bonchev–Trinajstić information content (AvgIpc) is 2.76. The number of anilines is 1. The third-order valence-corrected chi connectivity index (χ3v) is 2.81. The van der Waals surface area contributed by atoms with Gasteiger partial charge in [-0.05, 0) is 11.5 Å². The fraction of sp³-hybridized carbons (Fsp3) is 0. The number of amides is 1. The van der Waals surface area contributed by atoms with Crippen LogP contribution < -0.4 is 5.32 Å². The highest BCUT2D eigenvalue weighted by Gasteiger charge is 2.14. The van der Waals surface area contributed by atoms with Gasteiger partial charge in [0.1, 0.15) is 16.9 Å². The number of carbonyl (C=O) groups is 1. The first-order chi connectivity index (χ1) is 7.68. The lowest BCUT2D eigenvalue weighted by Gasteiger charge is -2.05. The first-order valence-corrected chi connectivity index (χ1v) is 5.46. The fourth-order valence-electron chi connectivity index (χ4n) is 0.890. The first kappa shape index (κ1) is 11.2. The number of rotatable bonds is 2. The molecule has 2 rings (SSSR count). The second-order valence-electron chi connectivity index (χ2n) is 2.57. The summed E-state index contributed by atoms with van der Waals surface area (Å²) in [6.45, 7) is 0. The van der Waals surface area contributed by atoms with Gasteiger partial charge in [0.05, 0.1) is 6.20 Å². The van der Waals surface area contributed by atoms with Crippen LogP contribution in [0.15, 0.2) is 12.5 Å². The van der Waals surface area contributed by atoms with E-state index in [1.165, 1.54) is 12.5 Å². The van der Waals surface area contributed by atoms with Gasteiger partial charge in [-0.25, -0.2) is 9.97 Å². The molecule has 2 heterocycles. The summed E-state index contributed by atoms with van der Waals surface area (Å²) in [6, 6.07) is 0. The zero-order valence-electron chi connectivity index (χ0n) is 7.52. The summed E-state index contributed by atoms with van der Waals surface area (Å²) in [5, 5.41) is 6.17. The molecule has 0 fully saturated rings. The van der Waals surface area contributed by atoms with Gasteiger partial charge in [0, 0.05) is 0 Å². The number of hydrogen-bond acceptors (Lipinski definition) is 6. The van der Waals surface area contributed by atoms with Crippen molar-refractivity contribution in [2.75, 3.05) is 5.32 Å². The first-order valence-electron chi connectivity index (χ1n) is 3.93. The fourth-order valence-corrected chi connectivity index (χ4v) is 1.71. The summed E-state index contributed by atoms with van der Waals surface area (Å²) in [6.07, 6.45) is 2.54. The molecule has 1 amide bonds. The van der Waals surface area contributed by atoms with Gasteiger partial charge >= 0.3 is 0 Å². The Morgan fingerprint density at radius 3 is 2.56 bits per heavy atom. The highest BCUT2D eigenvalue weighted by atomic mass is 35.5. The standard InChI is InChI=1S/C7H3Cl2N5OS/c8-5-4(6(9)11-2-10-5)13-7(15)3-1-12-14-16-3/h1-2H,(H,13,15). The topological polar surface area (TPSA) is 80.7 Å². The van der Waals surface area contributed by atoms with Gasteiger partial charge in [-0.3, -0.25) is 4.79 Å². The van der Waals surface area contributed by atoms with Gasteiger partial charge in [0.2, 0.25) is 0 Å². The summed E-state index contributed by atoms with van der Waals surface area (Å²) >= 11 is 12.5. The Bertz CT molecular complexity index is 497. The maximum Gasteiger partial charge on any atom is 0.269 e. The van der Waals surface area contributed by atoms with Crippen LogP contribution in [0.5, 0.6) is 0 Å². The Kier molecular flexibility index (Phi) is 3.28. The lowest BCUT2D eigenvalue weighted by atomic mass is 10.4. The molecule has 0 unspecified atom stereocenters.